The number of nitrogens with zero attached hydrogens (tertiary/aromatic N) is 2. The molecule has 1 aromatic carbocycles. The zero-order valence-electron chi connectivity index (χ0n) is 16.0. The Labute approximate surface area is 170 Å². The van der Waals surface area contributed by atoms with Crippen LogP contribution in [0.15, 0.2) is 29.3 Å². The summed E-state index contributed by atoms with van der Waals surface area (Å²) in [4.78, 5) is 5.91. The van der Waals surface area contributed by atoms with Gasteiger partial charge in [0.05, 0.1) is 13.7 Å². The first-order chi connectivity index (χ1) is 13.6. The van der Waals surface area contributed by atoms with E-state index in [1.54, 1.807) is 43.3 Å². The molecule has 2 aliphatic rings. The molecule has 0 amide bonds. The van der Waals surface area contributed by atoms with Crippen LogP contribution in [0.25, 0.3) is 0 Å². The van der Waals surface area contributed by atoms with Crippen molar-refractivity contribution in [3.05, 3.63) is 29.8 Å². The highest BCUT2D eigenvalue weighted by Gasteiger charge is 2.57. The van der Waals surface area contributed by atoms with Gasteiger partial charge in [0.25, 0.3) is 0 Å². The van der Waals surface area contributed by atoms with E-state index in [1.807, 2.05) is 0 Å². The Morgan fingerprint density at radius 2 is 1.86 bits per heavy atom. The van der Waals surface area contributed by atoms with Crippen molar-refractivity contribution in [2.24, 2.45) is 4.99 Å². The van der Waals surface area contributed by atoms with Gasteiger partial charge in [-0.2, -0.15) is 13.2 Å². The summed E-state index contributed by atoms with van der Waals surface area (Å²) in [6.07, 6.45) is -12.3. The molecule has 2 aliphatic heterocycles. The van der Waals surface area contributed by atoms with E-state index in [9.17, 15) is 23.4 Å². The molecule has 3 rings (SSSR count). The Kier molecular flexibility index (Phi) is 6.64. The summed E-state index contributed by atoms with van der Waals surface area (Å²) in [6.45, 7) is -0.350. The van der Waals surface area contributed by atoms with E-state index in [2.05, 4.69) is 4.99 Å². The van der Waals surface area contributed by atoms with Crippen LogP contribution in [0.3, 0.4) is 0 Å². The minimum atomic E-state index is -4.81. The number of hydrogen-bond acceptors (Lipinski definition) is 8. The second kappa shape index (κ2) is 8.68. The fourth-order valence-electron chi connectivity index (χ4n) is 3.12. The predicted molar refractivity (Wildman–Crippen MR) is 101 cm³/mol. The minimum Gasteiger partial charge on any atom is -0.497 e. The molecule has 1 saturated heterocycles. The molecule has 1 fully saturated rings. The molecular formula is C18H23F3N2O5S. The number of alkyl halides is 3. The Morgan fingerprint density at radius 3 is 2.41 bits per heavy atom. The Bertz CT molecular complexity index is 731. The Hall–Kier alpha value is -1.53. The number of aliphatic imine (C=N–C) groups is 1. The predicted octanol–water partition coefficient (Wildman–Crippen LogP) is 1.62. The van der Waals surface area contributed by atoms with Crippen molar-refractivity contribution in [3.8, 4) is 5.75 Å². The summed E-state index contributed by atoms with van der Waals surface area (Å²) < 4.78 is 56.8. The largest absolute Gasteiger partial charge is 0.497 e. The maximum atomic E-state index is 13.7. The molecule has 2 N–H and O–H groups in total. The lowest BCUT2D eigenvalue weighted by Gasteiger charge is -2.41. The van der Waals surface area contributed by atoms with Crippen LogP contribution in [-0.2, 0) is 16.1 Å². The fraction of sp³-hybridized carbons (Fsp3) is 0.611. The summed E-state index contributed by atoms with van der Waals surface area (Å²) in [6, 6.07) is 5.53. The van der Waals surface area contributed by atoms with Gasteiger partial charge in [0, 0.05) is 14.1 Å². The lowest BCUT2D eigenvalue weighted by molar-refractivity contribution is -0.286. The number of benzene rings is 1. The van der Waals surface area contributed by atoms with Crippen LogP contribution < -0.4 is 4.74 Å². The van der Waals surface area contributed by atoms with Crippen molar-refractivity contribution in [2.45, 2.75) is 48.7 Å². The molecule has 0 radical (unpaired) electrons. The quantitative estimate of drug-likeness (QED) is 0.726. The third-order valence-corrected chi connectivity index (χ3v) is 5.98. The second-order valence-corrected chi connectivity index (χ2v) is 8.05. The molecule has 162 valence electrons. The van der Waals surface area contributed by atoms with Crippen molar-refractivity contribution in [3.63, 3.8) is 0 Å². The van der Waals surface area contributed by atoms with E-state index in [0.717, 1.165) is 11.8 Å². The van der Waals surface area contributed by atoms with Crippen molar-refractivity contribution in [1.82, 2.24) is 4.90 Å². The minimum absolute atomic E-state index is 0.350. The van der Waals surface area contributed by atoms with Gasteiger partial charge in [0.15, 0.2) is 11.3 Å². The average molecular weight is 436 g/mol. The smallest absolute Gasteiger partial charge is 0.417 e. The first-order valence-electron chi connectivity index (χ1n) is 8.86. The number of ether oxygens (including phenoxy) is 3. The highest BCUT2D eigenvalue weighted by atomic mass is 32.2. The highest BCUT2D eigenvalue weighted by molar-refractivity contribution is 8.14. The molecule has 1 unspecified atom stereocenters. The first-order valence-corrected chi connectivity index (χ1v) is 9.74. The Balaban J connectivity index is 1.75. The van der Waals surface area contributed by atoms with Crippen LogP contribution in [0.2, 0.25) is 0 Å². The van der Waals surface area contributed by atoms with Crippen molar-refractivity contribution < 1.29 is 37.6 Å². The molecule has 6 atom stereocenters. The summed E-state index contributed by atoms with van der Waals surface area (Å²) in [5.41, 5.74) is -0.345. The zero-order valence-corrected chi connectivity index (χ0v) is 16.9. The molecule has 0 aromatic heterocycles. The van der Waals surface area contributed by atoms with Gasteiger partial charge in [-0.3, -0.25) is 4.99 Å². The normalized spacial score (nSPS) is 30.5. The summed E-state index contributed by atoms with van der Waals surface area (Å²) in [5.74, 6) is 0.566. The lowest BCUT2D eigenvalue weighted by atomic mass is 9.94. The number of rotatable bonds is 5. The molecule has 1 aromatic rings. The maximum absolute atomic E-state index is 13.7. The number of aliphatic hydroxyl groups is 2. The molecule has 7 nitrogen and oxygen atoms in total. The number of methoxy groups -OCH3 is 1. The second-order valence-electron chi connectivity index (χ2n) is 6.99. The fourth-order valence-corrected chi connectivity index (χ4v) is 4.27. The van der Waals surface area contributed by atoms with Gasteiger partial charge in [-0.15, -0.1) is 0 Å². The lowest BCUT2D eigenvalue weighted by Crippen LogP contribution is -2.61. The summed E-state index contributed by atoms with van der Waals surface area (Å²) in [7, 11) is 4.93. The number of thioether (sulfide) groups is 1. The number of fused-ring (bicyclic) bond motifs is 1. The Morgan fingerprint density at radius 1 is 1.21 bits per heavy atom. The molecule has 2 heterocycles. The molecule has 0 saturated carbocycles. The van der Waals surface area contributed by atoms with Crippen LogP contribution in [0, 0.1) is 0 Å². The third kappa shape index (κ3) is 4.80. The maximum Gasteiger partial charge on any atom is 0.417 e. The van der Waals surface area contributed by atoms with Crippen LogP contribution in [-0.4, -0.2) is 83.6 Å². The number of amidine groups is 1. The van der Waals surface area contributed by atoms with Gasteiger partial charge in [0.2, 0.25) is 0 Å². The number of aliphatic hydroxyl groups excluding tert-OH is 2. The van der Waals surface area contributed by atoms with Gasteiger partial charge in [-0.25, -0.2) is 0 Å². The van der Waals surface area contributed by atoms with Crippen molar-refractivity contribution in [1.29, 1.82) is 0 Å². The summed E-state index contributed by atoms with van der Waals surface area (Å²) in [5, 5.41) is 21.2. The topological polar surface area (TPSA) is 83.8 Å². The summed E-state index contributed by atoms with van der Waals surface area (Å²) >= 11 is 1.10. The van der Waals surface area contributed by atoms with Crippen LogP contribution in [0.4, 0.5) is 13.2 Å². The SMILES string of the molecule is COc1ccc(COC([C@H]2O[C@@H]3SC(N(C)C)=N[C@@H]3[C@@H](O)[C@@H]2O)C(F)(F)F)cc1. The van der Waals surface area contributed by atoms with Crippen molar-refractivity contribution >= 4 is 16.9 Å². The van der Waals surface area contributed by atoms with E-state index in [-0.39, 0.29) is 6.61 Å². The van der Waals surface area contributed by atoms with Gasteiger partial charge in [-0.05, 0) is 17.7 Å². The first kappa shape index (κ1) is 22.2. The van der Waals surface area contributed by atoms with Gasteiger partial charge in [-0.1, -0.05) is 23.9 Å². The van der Waals surface area contributed by atoms with Crippen LogP contribution in [0.5, 0.6) is 5.75 Å². The molecular weight excluding hydrogens is 413 g/mol. The molecule has 29 heavy (non-hydrogen) atoms. The molecule has 0 bridgehead atoms. The molecule has 0 spiro atoms. The average Bonchev–Trinajstić information content (AvgIpc) is 3.10. The molecule has 11 heteroatoms. The van der Waals surface area contributed by atoms with E-state index < -0.39 is 42.1 Å². The van der Waals surface area contributed by atoms with Gasteiger partial charge in [0.1, 0.15) is 35.5 Å². The number of halogens is 3. The van der Waals surface area contributed by atoms with E-state index in [4.69, 9.17) is 14.2 Å². The van der Waals surface area contributed by atoms with Crippen molar-refractivity contribution in [2.75, 3.05) is 21.2 Å². The third-order valence-electron chi connectivity index (χ3n) is 4.68. The number of hydrogen-bond donors (Lipinski definition) is 2. The van der Waals surface area contributed by atoms with Gasteiger partial charge < -0.3 is 29.3 Å². The van der Waals surface area contributed by atoms with E-state index in [1.165, 1.54) is 7.11 Å². The van der Waals surface area contributed by atoms with Gasteiger partial charge >= 0.3 is 6.18 Å². The standard InChI is InChI=1S/C18H23F3N2O5S/c1-23(2)17-22-11-12(24)13(25)14(28-16(11)29-17)15(18(19,20)21)27-8-9-4-6-10(26-3)7-5-9/h4-7,11-16,24-25H,8H2,1-3H3/t11-,12-,13+,14+,15?,16-/m1/s1. The van der Waals surface area contributed by atoms with E-state index in [0.29, 0.717) is 16.5 Å². The van der Waals surface area contributed by atoms with Crippen LogP contribution in [0.1, 0.15) is 5.56 Å². The highest BCUT2D eigenvalue weighted by Crippen LogP contribution is 2.41. The van der Waals surface area contributed by atoms with Crippen LogP contribution >= 0.6 is 11.8 Å². The van der Waals surface area contributed by atoms with E-state index >= 15 is 0 Å². The molecule has 0 aliphatic carbocycles. The monoisotopic (exact) mass is 436 g/mol. The zero-order chi connectivity index (χ0) is 21.3.